The predicted octanol–water partition coefficient (Wildman–Crippen LogP) is 3.14. The van der Waals surface area contributed by atoms with E-state index in [1.54, 1.807) is 0 Å². The zero-order valence-corrected chi connectivity index (χ0v) is 15.1. The molecule has 1 N–H and O–H groups in total. The Hall–Kier alpha value is -2.93. The Morgan fingerprint density at radius 2 is 2.12 bits per heavy atom. The van der Waals surface area contributed by atoms with Crippen molar-refractivity contribution in [1.82, 2.24) is 14.2 Å². The number of hydrogen-bond donors (Lipinski definition) is 1. The Morgan fingerprint density at radius 1 is 1.27 bits per heavy atom. The third-order valence-electron chi connectivity index (χ3n) is 4.36. The highest BCUT2D eigenvalue weighted by atomic mass is 32.1. The van der Waals surface area contributed by atoms with Gasteiger partial charge in [0.2, 0.25) is 5.91 Å². The standard InChI is InChI=1S/C19H18N4O2S/c1-2-14-11-15-18(26-14)20-12-23(19(15)25)21-17(24)8-10-22-9-7-13-5-3-4-6-16(13)22/h3-7,9,11-12H,2,8,10H2,1H3,(H,21,24). The van der Waals surface area contributed by atoms with Gasteiger partial charge in [-0.05, 0) is 30.0 Å². The highest BCUT2D eigenvalue weighted by Gasteiger charge is 2.10. The number of nitrogens with one attached hydrogen (secondary N) is 1. The van der Waals surface area contributed by atoms with Crippen molar-refractivity contribution in [1.29, 1.82) is 0 Å². The normalized spacial score (nSPS) is 11.3. The van der Waals surface area contributed by atoms with Crippen molar-refractivity contribution in [3.05, 3.63) is 64.2 Å². The minimum Gasteiger partial charge on any atom is -0.347 e. The van der Waals surface area contributed by atoms with Gasteiger partial charge in [-0.25, -0.2) is 9.66 Å². The van der Waals surface area contributed by atoms with E-state index in [4.69, 9.17) is 0 Å². The molecule has 0 aliphatic carbocycles. The molecule has 0 spiro atoms. The Labute approximate surface area is 153 Å². The lowest BCUT2D eigenvalue weighted by Gasteiger charge is -2.08. The molecule has 0 unspecified atom stereocenters. The van der Waals surface area contributed by atoms with Gasteiger partial charge in [-0.15, -0.1) is 11.3 Å². The molecule has 0 radical (unpaired) electrons. The molecule has 1 amide bonds. The monoisotopic (exact) mass is 366 g/mol. The molecule has 26 heavy (non-hydrogen) atoms. The number of rotatable bonds is 5. The number of thiophene rings is 1. The van der Waals surface area contributed by atoms with Gasteiger partial charge in [-0.1, -0.05) is 25.1 Å². The molecule has 1 aromatic carbocycles. The largest absolute Gasteiger partial charge is 0.347 e. The fourth-order valence-corrected chi connectivity index (χ4v) is 3.90. The first-order chi connectivity index (χ1) is 12.7. The van der Waals surface area contributed by atoms with E-state index in [0.29, 0.717) is 16.8 Å². The van der Waals surface area contributed by atoms with Crippen molar-refractivity contribution in [3.63, 3.8) is 0 Å². The fourth-order valence-electron chi connectivity index (χ4n) is 2.97. The third-order valence-corrected chi connectivity index (χ3v) is 5.54. The van der Waals surface area contributed by atoms with Crippen molar-refractivity contribution in [2.75, 3.05) is 5.43 Å². The first kappa shape index (κ1) is 16.5. The van der Waals surface area contributed by atoms with Crippen molar-refractivity contribution >= 4 is 38.4 Å². The Morgan fingerprint density at radius 3 is 2.96 bits per heavy atom. The van der Waals surface area contributed by atoms with Crippen LogP contribution in [0, 0.1) is 0 Å². The van der Waals surface area contributed by atoms with Crippen LogP contribution in [0.15, 0.2) is 53.7 Å². The van der Waals surface area contributed by atoms with Crippen molar-refractivity contribution in [2.24, 2.45) is 0 Å². The van der Waals surface area contributed by atoms with Crippen LogP contribution < -0.4 is 11.0 Å². The Bertz CT molecular complexity index is 1160. The van der Waals surface area contributed by atoms with Gasteiger partial charge in [0.1, 0.15) is 11.2 Å². The predicted molar refractivity (Wildman–Crippen MR) is 104 cm³/mol. The number of benzene rings is 1. The first-order valence-electron chi connectivity index (χ1n) is 8.49. The van der Waals surface area contributed by atoms with Gasteiger partial charge in [-0.2, -0.15) is 0 Å². The number of carbonyl (C=O) groups is 1. The SMILES string of the molecule is CCc1cc2c(=O)n(NC(=O)CCn3ccc4ccccc43)cnc2s1. The zero-order chi connectivity index (χ0) is 18.1. The number of fused-ring (bicyclic) bond motifs is 2. The van der Waals surface area contributed by atoms with Gasteiger partial charge in [0.25, 0.3) is 5.56 Å². The summed E-state index contributed by atoms with van der Waals surface area (Å²) >= 11 is 1.51. The van der Waals surface area contributed by atoms with Crippen LogP contribution in [-0.4, -0.2) is 20.1 Å². The highest BCUT2D eigenvalue weighted by Crippen LogP contribution is 2.20. The summed E-state index contributed by atoms with van der Waals surface area (Å²) in [6.07, 6.45) is 4.48. The summed E-state index contributed by atoms with van der Waals surface area (Å²) in [6, 6.07) is 11.9. The summed E-state index contributed by atoms with van der Waals surface area (Å²) in [5.41, 5.74) is 3.48. The van der Waals surface area contributed by atoms with Crippen molar-refractivity contribution in [2.45, 2.75) is 26.3 Å². The van der Waals surface area contributed by atoms with E-state index < -0.39 is 0 Å². The molecule has 0 saturated carbocycles. The highest BCUT2D eigenvalue weighted by molar-refractivity contribution is 7.18. The number of hydrogen-bond acceptors (Lipinski definition) is 4. The maximum absolute atomic E-state index is 12.5. The molecular weight excluding hydrogens is 348 g/mol. The molecule has 132 valence electrons. The van der Waals surface area contributed by atoms with Gasteiger partial charge in [0.05, 0.1) is 5.39 Å². The minimum absolute atomic E-state index is 0.225. The molecule has 4 aromatic rings. The maximum Gasteiger partial charge on any atom is 0.280 e. The van der Waals surface area contributed by atoms with E-state index in [-0.39, 0.29) is 17.9 Å². The molecule has 0 fully saturated rings. The smallest absolute Gasteiger partial charge is 0.280 e. The molecule has 7 heteroatoms. The summed E-state index contributed by atoms with van der Waals surface area (Å²) in [5, 5.41) is 1.69. The lowest BCUT2D eigenvalue weighted by Crippen LogP contribution is -2.33. The van der Waals surface area contributed by atoms with Crippen LogP contribution in [0.4, 0.5) is 0 Å². The van der Waals surface area contributed by atoms with E-state index in [0.717, 1.165) is 22.2 Å². The van der Waals surface area contributed by atoms with Gasteiger partial charge in [0.15, 0.2) is 0 Å². The van der Waals surface area contributed by atoms with E-state index in [1.807, 2.05) is 54.1 Å². The number of nitrogens with zero attached hydrogens (tertiary/aromatic N) is 3. The number of carbonyl (C=O) groups excluding carboxylic acids is 1. The van der Waals surface area contributed by atoms with Crippen LogP contribution in [0.3, 0.4) is 0 Å². The average molecular weight is 366 g/mol. The van der Waals surface area contributed by atoms with E-state index >= 15 is 0 Å². The minimum atomic E-state index is -0.245. The summed E-state index contributed by atoms with van der Waals surface area (Å²) in [6.45, 7) is 2.58. The Balaban J connectivity index is 1.49. The van der Waals surface area contributed by atoms with Crippen LogP contribution >= 0.6 is 11.3 Å². The quantitative estimate of drug-likeness (QED) is 0.590. The second kappa shape index (κ2) is 6.76. The first-order valence-corrected chi connectivity index (χ1v) is 9.31. The van der Waals surface area contributed by atoms with E-state index in [2.05, 4.69) is 10.4 Å². The molecule has 6 nitrogen and oxygen atoms in total. The maximum atomic E-state index is 12.5. The lowest BCUT2D eigenvalue weighted by molar-refractivity contribution is -0.117. The summed E-state index contributed by atoms with van der Waals surface area (Å²) in [7, 11) is 0. The van der Waals surface area contributed by atoms with Crippen LogP contribution in [-0.2, 0) is 17.8 Å². The van der Waals surface area contributed by atoms with Gasteiger partial charge >= 0.3 is 0 Å². The van der Waals surface area contributed by atoms with E-state index in [1.165, 1.54) is 22.3 Å². The van der Waals surface area contributed by atoms with Gasteiger partial charge in [-0.3, -0.25) is 15.0 Å². The fraction of sp³-hybridized carbons (Fsp3) is 0.211. The lowest BCUT2D eigenvalue weighted by atomic mass is 10.2. The summed E-state index contributed by atoms with van der Waals surface area (Å²) in [4.78, 5) is 30.9. The molecule has 3 aromatic heterocycles. The average Bonchev–Trinajstić information content (AvgIpc) is 3.26. The molecule has 0 bridgehead atoms. The second-order valence-corrected chi connectivity index (χ2v) is 7.17. The topological polar surface area (TPSA) is 68.9 Å². The van der Waals surface area contributed by atoms with E-state index in [9.17, 15) is 9.59 Å². The second-order valence-electron chi connectivity index (χ2n) is 6.06. The van der Waals surface area contributed by atoms with Crippen LogP contribution in [0.5, 0.6) is 0 Å². The zero-order valence-electron chi connectivity index (χ0n) is 14.3. The molecule has 0 aliphatic heterocycles. The number of aromatic nitrogens is 3. The third kappa shape index (κ3) is 3.01. The van der Waals surface area contributed by atoms with Crippen LogP contribution in [0.25, 0.3) is 21.1 Å². The molecule has 3 heterocycles. The number of para-hydroxylation sites is 1. The van der Waals surface area contributed by atoms with Crippen LogP contribution in [0.1, 0.15) is 18.2 Å². The van der Waals surface area contributed by atoms with Crippen LogP contribution in [0.2, 0.25) is 0 Å². The molecule has 0 aliphatic rings. The van der Waals surface area contributed by atoms with Crippen molar-refractivity contribution in [3.8, 4) is 0 Å². The van der Waals surface area contributed by atoms with Crippen molar-refractivity contribution < 1.29 is 4.79 Å². The molecular formula is C19H18N4O2S. The summed E-state index contributed by atoms with van der Waals surface area (Å²) in [5.74, 6) is -0.225. The molecule has 4 rings (SSSR count). The van der Waals surface area contributed by atoms with Gasteiger partial charge < -0.3 is 4.57 Å². The van der Waals surface area contributed by atoms with Gasteiger partial charge in [0, 0.05) is 29.6 Å². The molecule has 0 atom stereocenters. The molecule has 0 saturated heterocycles. The summed E-state index contributed by atoms with van der Waals surface area (Å²) < 4.78 is 3.20. The Kier molecular flexibility index (Phi) is 4.30. The number of aryl methyl sites for hydroxylation is 2. The number of amides is 1.